The van der Waals surface area contributed by atoms with Gasteiger partial charge in [0.05, 0.1) is 8.88 Å². The smallest absolute Gasteiger partial charge is 0.220 e. The topological polar surface area (TPSA) is 18.5 Å². The van der Waals surface area contributed by atoms with E-state index in [9.17, 15) is 17.4 Å². The minimum Gasteiger partial charge on any atom is -0.220 e. The van der Waals surface area contributed by atoms with Gasteiger partial charge in [-0.05, 0) is 9.33 Å². The lowest BCUT2D eigenvalue weighted by atomic mass is 13.6. The Morgan fingerprint density at radius 3 is 2.40 bits per heavy atom. The van der Waals surface area contributed by atoms with Crippen LogP contribution < -0.4 is 4.86 Å². The molecular formula is H2F4N3P3. The van der Waals surface area contributed by atoms with E-state index in [1.165, 1.54) is 0 Å². The van der Waals surface area contributed by atoms with Crippen LogP contribution >= 0.6 is 25.9 Å². The highest BCUT2D eigenvalue weighted by atomic mass is 31.3. The van der Waals surface area contributed by atoms with Gasteiger partial charge in [-0.25, -0.2) is 4.86 Å². The first-order chi connectivity index (χ1) is 4.63. The van der Waals surface area contributed by atoms with Gasteiger partial charge in [0.1, 0.15) is 0 Å². The predicted octanol–water partition coefficient (Wildman–Crippen LogP) is 2.86. The van der Waals surface area contributed by atoms with Crippen molar-refractivity contribution >= 4 is 25.9 Å². The maximum Gasteiger partial charge on any atom is 0.306 e. The van der Waals surface area contributed by atoms with Crippen LogP contribution in [0.4, 0.5) is 17.4 Å². The molecule has 60 valence electrons. The van der Waals surface area contributed by atoms with Gasteiger partial charge < -0.3 is 0 Å². The monoisotopic (exact) mass is 213 g/mol. The lowest BCUT2D eigenvalue weighted by Gasteiger charge is -2.27. The fourth-order valence-corrected chi connectivity index (χ4v) is 3.74. The van der Waals surface area contributed by atoms with Crippen LogP contribution in [0.5, 0.6) is 0 Å². The quantitative estimate of drug-likeness (QED) is 0.379. The minimum absolute atomic E-state index is 0.395. The van der Waals surface area contributed by atoms with Crippen molar-refractivity contribution in [2.24, 2.45) is 0 Å². The highest BCUT2D eigenvalue weighted by molar-refractivity contribution is 7.74. The standard InChI is InChI=1S/F4H2N3P3/c1-6-8-5-9(3)7(2)10(6)4/h5,8H. The minimum atomic E-state index is -3.22. The summed E-state index contributed by atoms with van der Waals surface area (Å²) in [7, 11) is -6.87. The van der Waals surface area contributed by atoms with Gasteiger partial charge in [0, 0.05) is 0 Å². The van der Waals surface area contributed by atoms with Crippen molar-refractivity contribution < 1.29 is 17.4 Å². The second-order valence-corrected chi connectivity index (χ2v) is 5.48. The van der Waals surface area contributed by atoms with Gasteiger partial charge >= 0.3 is 8.53 Å². The third-order valence-corrected chi connectivity index (χ3v) is 4.54. The van der Waals surface area contributed by atoms with Crippen LogP contribution in [0.1, 0.15) is 0 Å². The van der Waals surface area contributed by atoms with Gasteiger partial charge in [-0.1, -0.05) is 0 Å². The summed E-state index contributed by atoms with van der Waals surface area (Å²) in [4.78, 5) is 1.82. The molecule has 3 unspecified atom stereocenters. The molecule has 1 aliphatic heterocycles. The van der Waals surface area contributed by atoms with Crippen molar-refractivity contribution in [3.05, 3.63) is 0 Å². The van der Waals surface area contributed by atoms with Crippen molar-refractivity contribution in [3.63, 3.8) is 0 Å². The summed E-state index contributed by atoms with van der Waals surface area (Å²) in [6.07, 6.45) is 0. The molecule has 1 fully saturated rings. The maximum atomic E-state index is 12.1. The Labute approximate surface area is 58.5 Å². The number of hydrogen-bond acceptors (Lipinski definition) is 3. The van der Waals surface area contributed by atoms with E-state index in [-0.39, 0.29) is 0 Å². The average molecular weight is 213 g/mol. The molecule has 10 heteroatoms. The molecule has 1 heterocycles. The van der Waals surface area contributed by atoms with E-state index in [0.717, 1.165) is 0 Å². The molecule has 0 aliphatic carbocycles. The average Bonchev–Trinajstić information content (AvgIpc) is 1.93. The Hall–Kier alpha value is 0.890. The normalized spacial score (nSPS) is 40.8. The summed E-state index contributed by atoms with van der Waals surface area (Å²) in [6, 6.07) is 0. The predicted molar refractivity (Wildman–Crippen MR) is 33.4 cm³/mol. The Balaban J connectivity index is 2.52. The second-order valence-electron chi connectivity index (χ2n) is 1.23. The summed E-state index contributed by atoms with van der Waals surface area (Å²) < 4.78 is 47.1. The molecule has 0 bridgehead atoms. The van der Waals surface area contributed by atoms with Crippen molar-refractivity contribution in [1.82, 2.24) is 14.2 Å². The van der Waals surface area contributed by atoms with Crippen LogP contribution in [0.2, 0.25) is 0 Å². The fraction of sp³-hybridized carbons (Fsp3) is 0. The molecule has 0 spiro atoms. The first-order valence-corrected chi connectivity index (χ1v) is 5.24. The molecular weight excluding hydrogens is 211 g/mol. The van der Waals surface area contributed by atoms with Gasteiger partial charge in [-0.3, -0.25) is 0 Å². The maximum absolute atomic E-state index is 12.1. The number of nitrogens with zero attached hydrogens (tertiary/aromatic N) is 2. The Morgan fingerprint density at radius 2 is 1.90 bits per heavy atom. The molecule has 10 heavy (non-hydrogen) atoms. The van der Waals surface area contributed by atoms with Crippen molar-refractivity contribution in [2.45, 2.75) is 0 Å². The Morgan fingerprint density at radius 1 is 1.30 bits per heavy atom. The van der Waals surface area contributed by atoms with Gasteiger partial charge in [0.25, 0.3) is 8.53 Å². The second kappa shape index (κ2) is 3.53. The van der Waals surface area contributed by atoms with Gasteiger partial charge in [0.15, 0.2) is 0 Å². The third kappa shape index (κ3) is 1.73. The zero-order valence-corrected chi connectivity index (χ0v) is 7.09. The molecule has 1 N–H and O–H groups in total. The largest absolute Gasteiger partial charge is 0.306 e. The van der Waals surface area contributed by atoms with E-state index in [2.05, 4.69) is 0 Å². The molecule has 0 radical (unpaired) electrons. The fourth-order valence-electron chi connectivity index (χ4n) is 0.295. The number of nitrogens with one attached hydrogen (secondary N) is 1. The third-order valence-electron chi connectivity index (χ3n) is 0.660. The van der Waals surface area contributed by atoms with E-state index >= 15 is 0 Å². The number of rotatable bonds is 0. The van der Waals surface area contributed by atoms with Gasteiger partial charge in [0.2, 0.25) is 0 Å². The van der Waals surface area contributed by atoms with Gasteiger partial charge in [-0.2, -0.15) is 8.39 Å². The highest BCUT2D eigenvalue weighted by Gasteiger charge is 2.39. The van der Waals surface area contributed by atoms with E-state index in [0.29, 0.717) is 0 Å². The molecule has 0 saturated carbocycles. The zero-order valence-electron chi connectivity index (χ0n) is 4.30. The van der Waals surface area contributed by atoms with Crippen LogP contribution in [-0.2, 0) is 0 Å². The number of hydrogen-bond donors (Lipinski definition) is 1. The molecule has 0 amide bonds. The SMILES string of the molecule is FN1PNP(F)N(F)P1F. The lowest BCUT2D eigenvalue weighted by Crippen LogP contribution is -2.16. The van der Waals surface area contributed by atoms with Crippen LogP contribution in [0.15, 0.2) is 0 Å². The Kier molecular flexibility index (Phi) is 3.17. The molecule has 0 aromatic carbocycles. The first kappa shape index (κ1) is 8.98. The summed E-state index contributed by atoms with van der Waals surface area (Å²) >= 11 is 0. The molecule has 1 saturated heterocycles. The molecule has 1 rings (SSSR count). The molecule has 0 aromatic rings. The van der Waals surface area contributed by atoms with Crippen molar-refractivity contribution in [3.8, 4) is 0 Å². The Bertz CT molecular complexity index is 108. The molecule has 0 aromatic heterocycles. The highest BCUT2D eigenvalue weighted by Crippen LogP contribution is 2.67. The van der Waals surface area contributed by atoms with E-state index in [1.807, 2.05) is 4.86 Å². The molecule has 1 aliphatic rings. The van der Waals surface area contributed by atoms with Crippen LogP contribution in [-0.4, -0.2) is 9.33 Å². The van der Waals surface area contributed by atoms with Crippen LogP contribution in [0, 0.1) is 0 Å². The van der Waals surface area contributed by atoms with E-state index < -0.39 is 35.3 Å². The van der Waals surface area contributed by atoms with E-state index in [1.54, 1.807) is 0 Å². The summed E-state index contributed by atoms with van der Waals surface area (Å²) in [5, 5.41) is 0. The first-order valence-electron chi connectivity index (χ1n) is 1.97. The summed E-state index contributed by atoms with van der Waals surface area (Å²) in [5.74, 6) is 0. The van der Waals surface area contributed by atoms with Crippen molar-refractivity contribution in [1.29, 1.82) is 0 Å². The summed E-state index contributed by atoms with van der Waals surface area (Å²) in [5.41, 5.74) is 0. The molecule has 3 atom stereocenters. The van der Waals surface area contributed by atoms with Crippen LogP contribution in [0.3, 0.4) is 0 Å². The van der Waals surface area contributed by atoms with E-state index in [4.69, 9.17) is 0 Å². The zero-order chi connectivity index (χ0) is 7.72. The van der Waals surface area contributed by atoms with Crippen LogP contribution in [0.25, 0.3) is 0 Å². The van der Waals surface area contributed by atoms with Crippen molar-refractivity contribution in [2.75, 3.05) is 0 Å². The lowest BCUT2D eigenvalue weighted by molar-refractivity contribution is 0.194. The van der Waals surface area contributed by atoms with Gasteiger partial charge in [-0.15, -0.1) is 8.96 Å². The summed E-state index contributed by atoms with van der Waals surface area (Å²) in [6.45, 7) is 0. The molecule has 3 nitrogen and oxygen atoms in total. The number of halogens is 4.